The van der Waals surface area contributed by atoms with E-state index >= 15 is 0 Å². The van der Waals surface area contributed by atoms with Crippen molar-refractivity contribution in [1.82, 2.24) is 4.98 Å². The van der Waals surface area contributed by atoms with E-state index in [0.29, 0.717) is 22.0 Å². The summed E-state index contributed by atoms with van der Waals surface area (Å²) in [5, 5.41) is 1.81. The standard InChI is InChI=1S/C11H9ClFNO/c1-6-10(12)9-5-7(13)3-4-8(9)11(14-6)15-2/h3-5H,1-2H3. The molecule has 0 atom stereocenters. The van der Waals surface area contributed by atoms with Gasteiger partial charge in [0.2, 0.25) is 5.88 Å². The summed E-state index contributed by atoms with van der Waals surface area (Å²) in [7, 11) is 1.53. The molecule has 1 heterocycles. The van der Waals surface area contributed by atoms with Gasteiger partial charge in [0, 0.05) is 10.8 Å². The number of pyridine rings is 1. The Balaban J connectivity index is 2.90. The summed E-state index contributed by atoms with van der Waals surface area (Å²) in [5.41, 5.74) is 0.631. The van der Waals surface area contributed by atoms with Crippen LogP contribution in [0.1, 0.15) is 5.69 Å². The molecule has 0 N–H and O–H groups in total. The molecule has 2 nitrogen and oxygen atoms in total. The van der Waals surface area contributed by atoms with Crippen LogP contribution in [0.3, 0.4) is 0 Å². The Kier molecular flexibility index (Phi) is 2.49. The Morgan fingerprint density at radius 1 is 1.33 bits per heavy atom. The van der Waals surface area contributed by atoms with Gasteiger partial charge in [-0.25, -0.2) is 9.37 Å². The van der Waals surface area contributed by atoms with Crippen molar-refractivity contribution in [2.24, 2.45) is 0 Å². The molecule has 0 amide bonds. The highest BCUT2D eigenvalue weighted by molar-refractivity contribution is 6.36. The number of rotatable bonds is 1. The molecule has 1 aromatic carbocycles. The average Bonchev–Trinajstić information content (AvgIpc) is 2.23. The van der Waals surface area contributed by atoms with Gasteiger partial charge in [-0.15, -0.1) is 0 Å². The summed E-state index contributed by atoms with van der Waals surface area (Å²) >= 11 is 6.04. The lowest BCUT2D eigenvalue weighted by atomic mass is 10.1. The van der Waals surface area contributed by atoms with Crippen LogP contribution in [0, 0.1) is 12.7 Å². The van der Waals surface area contributed by atoms with E-state index in [-0.39, 0.29) is 5.82 Å². The van der Waals surface area contributed by atoms with Gasteiger partial charge >= 0.3 is 0 Å². The largest absolute Gasteiger partial charge is 0.481 e. The maximum absolute atomic E-state index is 13.1. The van der Waals surface area contributed by atoms with Crippen molar-refractivity contribution in [3.63, 3.8) is 0 Å². The van der Waals surface area contributed by atoms with Crippen LogP contribution < -0.4 is 4.74 Å². The summed E-state index contributed by atoms with van der Waals surface area (Å²) < 4.78 is 18.2. The highest BCUT2D eigenvalue weighted by Crippen LogP contribution is 2.31. The van der Waals surface area contributed by atoms with Gasteiger partial charge in [-0.2, -0.15) is 0 Å². The lowest BCUT2D eigenvalue weighted by molar-refractivity contribution is 0.402. The maximum atomic E-state index is 13.1. The Bertz CT molecular complexity index is 527. The summed E-state index contributed by atoms with van der Waals surface area (Å²) in [6, 6.07) is 4.36. The third-order valence-electron chi connectivity index (χ3n) is 2.23. The normalized spacial score (nSPS) is 10.7. The number of benzene rings is 1. The van der Waals surface area contributed by atoms with Gasteiger partial charge in [0.1, 0.15) is 5.82 Å². The molecule has 0 aliphatic rings. The Morgan fingerprint density at radius 3 is 2.73 bits per heavy atom. The molecule has 0 spiro atoms. The van der Waals surface area contributed by atoms with Crippen molar-refractivity contribution in [1.29, 1.82) is 0 Å². The number of aryl methyl sites for hydroxylation is 1. The molecule has 2 aromatic rings. The molecule has 1 aromatic heterocycles. The minimum absolute atomic E-state index is 0.322. The van der Waals surface area contributed by atoms with E-state index < -0.39 is 0 Å². The fourth-order valence-electron chi connectivity index (χ4n) is 1.50. The summed E-state index contributed by atoms with van der Waals surface area (Å²) in [6.07, 6.45) is 0. The number of methoxy groups -OCH3 is 1. The molecule has 15 heavy (non-hydrogen) atoms. The van der Waals surface area contributed by atoms with E-state index in [0.717, 1.165) is 5.39 Å². The Morgan fingerprint density at radius 2 is 2.07 bits per heavy atom. The van der Waals surface area contributed by atoms with Gasteiger partial charge in [-0.3, -0.25) is 0 Å². The smallest absolute Gasteiger partial charge is 0.221 e. The molecule has 0 saturated heterocycles. The van der Waals surface area contributed by atoms with Crippen molar-refractivity contribution >= 4 is 22.4 Å². The lowest BCUT2D eigenvalue weighted by Crippen LogP contribution is -1.93. The first-order valence-corrected chi connectivity index (χ1v) is 4.80. The van der Waals surface area contributed by atoms with Gasteiger partial charge < -0.3 is 4.74 Å². The number of halogens is 2. The molecule has 4 heteroatoms. The summed E-state index contributed by atoms with van der Waals surface area (Å²) in [4.78, 5) is 4.17. The number of nitrogens with zero attached hydrogens (tertiary/aromatic N) is 1. The fraction of sp³-hybridized carbons (Fsp3) is 0.182. The van der Waals surface area contributed by atoms with Gasteiger partial charge in [0.05, 0.1) is 17.8 Å². The van der Waals surface area contributed by atoms with Crippen molar-refractivity contribution in [2.45, 2.75) is 6.92 Å². The molecule has 0 radical (unpaired) electrons. The minimum atomic E-state index is -0.322. The van der Waals surface area contributed by atoms with Crippen LogP contribution in [0.25, 0.3) is 10.8 Å². The SMILES string of the molecule is COc1nc(C)c(Cl)c2cc(F)ccc12. The first-order valence-electron chi connectivity index (χ1n) is 4.43. The number of ether oxygens (including phenoxy) is 1. The second kappa shape index (κ2) is 3.66. The quantitative estimate of drug-likeness (QED) is 0.743. The fourth-order valence-corrected chi connectivity index (χ4v) is 1.70. The molecule has 0 saturated carbocycles. The molecule has 0 unspecified atom stereocenters. The van der Waals surface area contributed by atoms with Gasteiger partial charge in [-0.05, 0) is 25.1 Å². The number of aromatic nitrogens is 1. The highest BCUT2D eigenvalue weighted by Gasteiger charge is 2.10. The predicted molar refractivity (Wildman–Crippen MR) is 58.0 cm³/mol. The van der Waals surface area contributed by atoms with Crippen LogP contribution in [0.15, 0.2) is 18.2 Å². The number of hydrogen-bond donors (Lipinski definition) is 0. The van der Waals surface area contributed by atoms with Crippen molar-refractivity contribution in [2.75, 3.05) is 7.11 Å². The predicted octanol–water partition coefficient (Wildman–Crippen LogP) is 3.34. The molecule has 2 rings (SSSR count). The van der Waals surface area contributed by atoms with E-state index in [2.05, 4.69) is 4.98 Å². The molecule has 0 bridgehead atoms. The Labute approximate surface area is 91.6 Å². The number of hydrogen-bond acceptors (Lipinski definition) is 2. The van der Waals surface area contributed by atoms with Crippen molar-refractivity contribution in [3.05, 3.63) is 34.7 Å². The molecular formula is C11H9ClFNO. The summed E-state index contributed by atoms with van der Waals surface area (Å²) in [5.74, 6) is 0.143. The van der Waals surface area contributed by atoms with Crippen molar-refractivity contribution in [3.8, 4) is 5.88 Å². The van der Waals surface area contributed by atoms with Crippen LogP contribution in [0.4, 0.5) is 4.39 Å². The van der Waals surface area contributed by atoms with Crippen LogP contribution in [0.2, 0.25) is 5.02 Å². The molecule has 78 valence electrons. The monoisotopic (exact) mass is 225 g/mol. The van der Waals surface area contributed by atoms with Crippen LogP contribution in [-0.2, 0) is 0 Å². The lowest BCUT2D eigenvalue weighted by Gasteiger charge is -2.08. The van der Waals surface area contributed by atoms with E-state index in [4.69, 9.17) is 16.3 Å². The van der Waals surface area contributed by atoms with Crippen LogP contribution >= 0.6 is 11.6 Å². The molecule has 0 aliphatic carbocycles. The molecular weight excluding hydrogens is 217 g/mol. The molecule has 0 aliphatic heterocycles. The zero-order valence-corrected chi connectivity index (χ0v) is 9.10. The van der Waals surface area contributed by atoms with Gasteiger partial charge in [0.15, 0.2) is 0 Å². The van der Waals surface area contributed by atoms with E-state index in [9.17, 15) is 4.39 Å². The first-order chi connectivity index (χ1) is 7.13. The Hall–Kier alpha value is -1.35. The minimum Gasteiger partial charge on any atom is -0.481 e. The van der Waals surface area contributed by atoms with Crippen LogP contribution in [-0.4, -0.2) is 12.1 Å². The number of fused-ring (bicyclic) bond motifs is 1. The third-order valence-corrected chi connectivity index (χ3v) is 2.71. The second-order valence-corrected chi connectivity index (χ2v) is 3.59. The highest BCUT2D eigenvalue weighted by atomic mass is 35.5. The van der Waals surface area contributed by atoms with E-state index in [1.54, 1.807) is 13.0 Å². The van der Waals surface area contributed by atoms with E-state index in [1.165, 1.54) is 19.2 Å². The topological polar surface area (TPSA) is 22.1 Å². The zero-order chi connectivity index (χ0) is 11.0. The van der Waals surface area contributed by atoms with Gasteiger partial charge in [-0.1, -0.05) is 11.6 Å². The average molecular weight is 226 g/mol. The summed E-state index contributed by atoms with van der Waals surface area (Å²) in [6.45, 7) is 1.76. The zero-order valence-electron chi connectivity index (χ0n) is 8.34. The van der Waals surface area contributed by atoms with E-state index in [1.807, 2.05) is 0 Å². The first kappa shape index (κ1) is 10.2. The van der Waals surface area contributed by atoms with Gasteiger partial charge in [0.25, 0.3) is 0 Å². The third kappa shape index (κ3) is 1.63. The molecule has 0 fully saturated rings. The van der Waals surface area contributed by atoms with Crippen LogP contribution in [0.5, 0.6) is 5.88 Å². The maximum Gasteiger partial charge on any atom is 0.221 e. The van der Waals surface area contributed by atoms with Crippen molar-refractivity contribution < 1.29 is 9.13 Å². The second-order valence-electron chi connectivity index (χ2n) is 3.21.